The maximum Gasteiger partial charge on any atom is 0.435 e. The number of aromatic nitrogens is 3. The number of rotatable bonds is 3. The Bertz CT molecular complexity index is 580. The minimum atomic E-state index is -4.51. The molecule has 2 rings (SSSR count). The minimum Gasteiger partial charge on any atom is -0.421 e. The van der Waals surface area contributed by atoms with E-state index in [1.807, 2.05) is 0 Å². The van der Waals surface area contributed by atoms with Gasteiger partial charge in [0.15, 0.2) is 5.69 Å². The first-order valence-electron chi connectivity index (χ1n) is 5.35. The second kappa shape index (κ2) is 4.88. The third-order valence-corrected chi connectivity index (χ3v) is 2.33. The molecule has 8 heteroatoms. The first kappa shape index (κ1) is 13.3. The summed E-state index contributed by atoms with van der Waals surface area (Å²) in [6, 6.07) is 5.69. The largest absolute Gasteiger partial charge is 0.435 e. The zero-order valence-corrected chi connectivity index (χ0v) is 9.98. The summed E-state index contributed by atoms with van der Waals surface area (Å²) in [5.41, 5.74) is 4.98. The molecule has 2 aromatic heterocycles. The first-order valence-corrected chi connectivity index (χ1v) is 5.35. The first-order chi connectivity index (χ1) is 8.90. The number of hydrogen-bond donors (Lipinski definition) is 1. The maximum absolute atomic E-state index is 12.5. The average molecular weight is 272 g/mol. The Morgan fingerprint density at radius 1 is 1.37 bits per heavy atom. The summed E-state index contributed by atoms with van der Waals surface area (Å²) in [6.45, 7) is 0.219. The molecule has 102 valence electrons. The molecule has 2 aromatic rings. The highest BCUT2D eigenvalue weighted by molar-refractivity contribution is 5.24. The van der Waals surface area contributed by atoms with Crippen molar-refractivity contribution >= 4 is 0 Å². The predicted molar refractivity (Wildman–Crippen MR) is 60.4 cm³/mol. The molecule has 0 amide bonds. The standard InChI is InChI=1S/C11H11F3N4O/c1-18-10(5-8(17-18)11(12,13)14)19-9-4-2-3-7(6-15)16-9/h2-5H,6,15H2,1H3. The van der Waals surface area contributed by atoms with Crippen LogP contribution in [0.5, 0.6) is 11.8 Å². The van der Waals surface area contributed by atoms with E-state index >= 15 is 0 Å². The Morgan fingerprint density at radius 3 is 2.68 bits per heavy atom. The van der Waals surface area contributed by atoms with E-state index in [4.69, 9.17) is 10.5 Å². The van der Waals surface area contributed by atoms with Crippen LogP contribution in [0.4, 0.5) is 13.2 Å². The van der Waals surface area contributed by atoms with E-state index in [-0.39, 0.29) is 18.3 Å². The number of ether oxygens (including phenoxy) is 1. The van der Waals surface area contributed by atoms with Crippen molar-refractivity contribution in [2.75, 3.05) is 0 Å². The van der Waals surface area contributed by atoms with Gasteiger partial charge in [0.05, 0.1) is 5.69 Å². The molecular formula is C11H11F3N4O. The SMILES string of the molecule is Cn1nc(C(F)(F)F)cc1Oc1cccc(CN)n1. The van der Waals surface area contributed by atoms with Crippen LogP contribution < -0.4 is 10.5 Å². The van der Waals surface area contributed by atoms with Crippen molar-refractivity contribution in [1.82, 2.24) is 14.8 Å². The predicted octanol–water partition coefficient (Wildman–Crippen LogP) is 2.08. The van der Waals surface area contributed by atoms with Crippen LogP contribution >= 0.6 is 0 Å². The van der Waals surface area contributed by atoms with Gasteiger partial charge < -0.3 is 10.5 Å². The molecule has 0 spiro atoms. The highest BCUT2D eigenvalue weighted by Gasteiger charge is 2.35. The van der Waals surface area contributed by atoms with Gasteiger partial charge in [-0.05, 0) is 6.07 Å². The zero-order valence-electron chi connectivity index (χ0n) is 9.98. The Balaban J connectivity index is 2.26. The number of hydrogen-bond acceptors (Lipinski definition) is 4. The van der Waals surface area contributed by atoms with Crippen LogP contribution in [-0.2, 0) is 19.8 Å². The molecule has 2 heterocycles. The van der Waals surface area contributed by atoms with Crippen LogP contribution in [0.2, 0.25) is 0 Å². The Morgan fingerprint density at radius 2 is 2.11 bits per heavy atom. The van der Waals surface area contributed by atoms with E-state index < -0.39 is 11.9 Å². The third kappa shape index (κ3) is 3.02. The van der Waals surface area contributed by atoms with Gasteiger partial charge in [0.1, 0.15) is 0 Å². The molecule has 2 N–H and O–H groups in total. The van der Waals surface area contributed by atoms with E-state index in [9.17, 15) is 13.2 Å². The Labute approximate surface area is 106 Å². The highest BCUT2D eigenvalue weighted by atomic mass is 19.4. The van der Waals surface area contributed by atoms with Gasteiger partial charge in [0.25, 0.3) is 0 Å². The molecular weight excluding hydrogens is 261 g/mol. The lowest BCUT2D eigenvalue weighted by atomic mass is 10.3. The van der Waals surface area contributed by atoms with Crippen LogP contribution in [0.1, 0.15) is 11.4 Å². The zero-order chi connectivity index (χ0) is 14.0. The number of pyridine rings is 1. The normalized spacial score (nSPS) is 11.6. The fourth-order valence-corrected chi connectivity index (χ4v) is 1.42. The summed E-state index contributed by atoms with van der Waals surface area (Å²) in [7, 11) is 1.36. The van der Waals surface area contributed by atoms with Gasteiger partial charge >= 0.3 is 6.18 Å². The van der Waals surface area contributed by atoms with Crippen LogP contribution in [0, 0.1) is 0 Å². The third-order valence-electron chi connectivity index (χ3n) is 2.33. The smallest absolute Gasteiger partial charge is 0.421 e. The highest BCUT2D eigenvalue weighted by Crippen LogP contribution is 2.31. The van der Waals surface area contributed by atoms with Crippen LogP contribution in [-0.4, -0.2) is 14.8 Å². The number of nitrogens with two attached hydrogens (primary N) is 1. The summed E-state index contributed by atoms with van der Waals surface area (Å²) in [4.78, 5) is 4.03. The van der Waals surface area contributed by atoms with Crippen LogP contribution in [0.25, 0.3) is 0 Å². The van der Waals surface area contributed by atoms with Gasteiger partial charge in [0.2, 0.25) is 11.8 Å². The van der Waals surface area contributed by atoms with Gasteiger partial charge in [-0.2, -0.15) is 18.3 Å². The molecule has 0 aromatic carbocycles. The van der Waals surface area contributed by atoms with Gasteiger partial charge in [-0.25, -0.2) is 9.67 Å². The summed E-state index contributed by atoms with van der Waals surface area (Å²) in [5.74, 6) is 0.119. The topological polar surface area (TPSA) is 66.0 Å². The van der Waals surface area contributed by atoms with Gasteiger partial charge in [-0.1, -0.05) is 6.07 Å². The fraction of sp³-hybridized carbons (Fsp3) is 0.273. The monoisotopic (exact) mass is 272 g/mol. The van der Waals surface area contributed by atoms with Crippen molar-refractivity contribution in [2.45, 2.75) is 12.7 Å². The molecule has 0 saturated carbocycles. The molecule has 0 radical (unpaired) electrons. The quantitative estimate of drug-likeness (QED) is 0.929. The van der Waals surface area contributed by atoms with Gasteiger partial charge in [-0.3, -0.25) is 0 Å². The van der Waals surface area contributed by atoms with Crippen LogP contribution in [0.15, 0.2) is 24.3 Å². The molecule has 0 fully saturated rings. The number of halogens is 3. The van der Waals surface area contributed by atoms with Gasteiger partial charge in [0, 0.05) is 25.7 Å². The van der Waals surface area contributed by atoms with Crippen molar-refractivity contribution in [1.29, 1.82) is 0 Å². The molecule has 0 aliphatic rings. The molecule has 5 nitrogen and oxygen atoms in total. The summed E-state index contributed by atoms with van der Waals surface area (Å²) in [5, 5.41) is 3.33. The lowest BCUT2D eigenvalue weighted by Gasteiger charge is -2.05. The average Bonchev–Trinajstić information content (AvgIpc) is 2.71. The molecule has 0 unspecified atom stereocenters. The summed E-state index contributed by atoms with van der Waals surface area (Å²) >= 11 is 0. The van der Waals surface area contributed by atoms with E-state index in [2.05, 4.69) is 10.1 Å². The number of alkyl halides is 3. The lowest BCUT2D eigenvalue weighted by molar-refractivity contribution is -0.141. The molecule has 19 heavy (non-hydrogen) atoms. The molecule has 0 bridgehead atoms. The molecule has 0 aliphatic carbocycles. The number of aryl methyl sites for hydroxylation is 1. The van der Waals surface area contributed by atoms with Crippen molar-refractivity contribution < 1.29 is 17.9 Å². The Kier molecular flexibility index (Phi) is 3.43. The second-order valence-corrected chi connectivity index (χ2v) is 3.76. The van der Waals surface area contributed by atoms with Crippen molar-refractivity contribution in [3.63, 3.8) is 0 Å². The summed E-state index contributed by atoms with van der Waals surface area (Å²) < 4.78 is 43.7. The van der Waals surface area contributed by atoms with Crippen molar-refractivity contribution in [3.05, 3.63) is 35.7 Å². The summed E-state index contributed by atoms with van der Waals surface area (Å²) in [6.07, 6.45) is -4.51. The molecule has 0 saturated heterocycles. The van der Waals surface area contributed by atoms with E-state index in [1.54, 1.807) is 12.1 Å². The van der Waals surface area contributed by atoms with Crippen molar-refractivity contribution in [3.8, 4) is 11.8 Å². The van der Waals surface area contributed by atoms with E-state index in [0.29, 0.717) is 5.69 Å². The lowest BCUT2D eigenvalue weighted by Crippen LogP contribution is -2.06. The number of nitrogens with zero attached hydrogens (tertiary/aromatic N) is 3. The minimum absolute atomic E-state index is 0.0472. The van der Waals surface area contributed by atoms with E-state index in [0.717, 1.165) is 10.7 Å². The van der Waals surface area contributed by atoms with Crippen molar-refractivity contribution in [2.24, 2.45) is 12.8 Å². The molecule has 0 atom stereocenters. The Hall–Kier alpha value is -2.09. The van der Waals surface area contributed by atoms with E-state index in [1.165, 1.54) is 13.1 Å². The van der Waals surface area contributed by atoms with Gasteiger partial charge in [-0.15, -0.1) is 0 Å². The second-order valence-electron chi connectivity index (χ2n) is 3.76. The maximum atomic E-state index is 12.5. The van der Waals surface area contributed by atoms with Crippen LogP contribution in [0.3, 0.4) is 0 Å². The molecule has 0 aliphatic heterocycles. The fourth-order valence-electron chi connectivity index (χ4n) is 1.42.